The molecule has 0 heterocycles. The molecule has 0 fully saturated rings. The second kappa shape index (κ2) is 14.3. The molecular formula is C42H48Si4. The monoisotopic (exact) mass is 664 g/mol. The van der Waals surface area contributed by atoms with Crippen LogP contribution in [0, 0.1) is 0 Å². The predicted molar refractivity (Wildman–Crippen MR) is 215 cm³/mol. The van der Waals surface area contributed by atoms with Gasteiger partial charge in [-0.1, -0.05) is 252 Å². The van der Waals surface area contributed by atoms with Gasteiger partial charge in [0.1, 0.15) is 15.2 Å². The van der Waals surface area contributed by atoms with Crippen molar-refractivity contribution in [1.82, 2.24) is 0 Å². The van der Waals surface area contributed by atoms with Gasteiger partial charge in [0.25, 0.3) is 0 Å². The molecule has 6 aromatic carbocycles. The van der Waals surface area contributed by atoms with E-state index in [0.29, 0.717) is 0 Å². The SMILES string of the molecule is C[Si](C)(C)[Si](c1ccccc1)(c1ccccc1)c1ccccc1.C[Si](C)(C)[Si](c1ccccc1)(c1ccccc1)c1ccccc1. The third kappa shape index (κ3) is 6.40. The molecule has 0 spiro atoms. The van der Waals surface area contributed by atoms with E-state index in [1.54, 1.807) is 0 Å². The highest BCUT2D eigenvalue weighted by atomic mass is 29.3. The first-order valence-electron chi connectivity index (χ1n) is 16.5. The summed E-state index contributed by atoms with van der Waals surface area (Å²) in [7, 11) is -7.01. The first kappa shape index (κ1) is 33.5. The predicted octanol–water partition coefficient (Wildman–Crippen LogP) is 7.15. The fraction of sp³-hybridized carbons (Fsp3) is 0.143. The Bertz CT molecular complexity index is 1430. The smallest absolute Gasteiger partial charge is 0.0706 e. The van der Waals surface area contributed by atoms with E-state index in [-0.39, 0.29) is 0 Å². The van der Waals surface area contributed by atoms with Crippen molar-refractivity contribution in [2.45, 2.75) is 39.3 Å². The van der Waals surface area contributed by atoms with Crippen molar-refractivity contribution in [1.29, 1.82) is 0 Å². The Balaban J connectivity index is 0.000000181. The molecule has 0 radical (unpaired) electrons. The first-order valence-corrected chi connectivity index (χ1v) is 29.5. The first-order chi connectivity index (χ1) is 22.1. The molecule has 0 aromatic heterocycles. The third-order valence-corrected chi connectivity index (χ3v) is 39.9. The summed E-state index contributed by atoms with van der Waals surface area (Å²) in [4.78, 5) is 0. The molecule has 6 aromatic rings. The summed E-state index contributed by atoms with van der Waals surface area (Å²) in [5.74, 6) is 0. The lowest BCUT2D eigenvalue weighted by Crippen LogP contribution is -2.79. The number of benzene rings is 6. The van der Waals surface area contributed by atoms with Gasteiger partial charge in [0.05, 0.1) is 15.2 Å². The summed E-state index contributed by atoms with van der Waals surface area (Å²) in [6, 6.07) is 67.4. The lowest BCUT2D eigenvalue weighted by molar-refractivity contribution is 1.67. The molecule has 46 heavy (non-hydrogen) atoms. The minimum absolute atomic E-state index is 1.52. The van der Waals surface area contributed by atoms with Crippen LogP contribution in [0.5, 0.6) is 0 Å². The lowest BCUT2D eigenvalue weighted by Gasteiger charge is -2.43. The molecule has 6 rings (SSSR count). The Morgan fingerprint density at radius 2 is 0.348 bits per heavy atom. The Hall–Kier alpha value is -3.81. The minimum Gasteiger partial charge on any atom is -0.0706 e. The molecule has 0 aliphatic carbocycles. The average molecular weight is 665 g/mol. The van der Waals surface area contributed by atoms with Crippen molar-refractivity contribution in [2.75, 3.05) is 0 Å². The van der Waals surface area contributed by atoms with Crippen molar-refractivity contribution in [3.05, 3.63) is 182 Å². The van der Waals surface area contributed by atoms with Crippen molar-refractivity contribution in [3.63, 3.8) is 0 Å². The van der Waals surface area contributed by atoms with Crippen LogP contribution in [0.3, 0.4) is 0 Å². The third-order valence-electron chi connectivity index (χ3n) is 9.49. The Kier molecular flexibility index (Phi) is 10.4. The van der Waals surface area contributed by atoms with E-state index >= 15 is 0 Å². The van der Waals surface area contributed by atoms with E-state index in [2.05, 4.69) is 221 Å². The maximum atomic E-state index is 2.53. The number of hydrogen-bond acceptors (Lipinski definition) is 0. The molecule has 0 amide bonds. The van der Waals surface area contributed by atoms with Crippen LogP contribution in [0.2, 0.25) is 39.3 Å². The maximum Gasteiger partial charge on any atom is 0.138 e. The van der Waals surface area contributed by atoms with Crippen LogP contribution in [-0.4, -0.2) is 30.4 Å². The van der Waals surface area contributed by atoms with Crippen LogP contribution in [0.4, 0.5) is 0 Å². The van der Waals surface area contributed by atoms with E-state index in [0.717, 1.165) is 0 Å². The normalized spacial score (nSPS) is 12.1. The quantitative estimate of drug-likeness (QED) is 0.120. The van der Waals surface area contributed by atoms with Gasteiger partial charge < -0.3 is 0 Å². The van der Waals surface area contributed by atoms with Gasteiger partial charge in [-0.3, -0.25) is 0 Å². The zero-order chi connectivity index (χ0) is 32.7. The number of hydrogen-bond donors (Lipinski definition) is 0. The Labute approximate surface area is 281 Å². The second-order valence-electron chi connectivity index (χ2n) is 14.2. The molecule has 0 saturated carbocycles. The van der Waals surface area contributed by atoms with E-state index in [1.807, 2.05) is 0 Å². The Morgan fingerprint density at radius 3 is 0.457 bits per heavy atom. The van der Waals surface area contributed by atoms with Crippen molar-refractivity contribution < 1.29 is 0 Å². The van der Waals surface area contributed by atoms with Crippen molar-refractivity contribution in [2.24, 2.45) is 0 Å². The van der Waals surface area contributed by atoms with Gasteiger partial charge >= 0.3 is 0 Å². The molecule has 232 valence electrons. The standard InChI is InChI=1S/2C21H24Si2/c2*1-22(2,3)23(19-13-7-4-8-14-19,20-15-9-5-10-16-20)21-17-11-6-12-18-21/h2*4-18H,1-3H3. The molecule has 0 aliphatic heterocycles. The Morgan fingerprint density at radius 1 is 0.217 bits per heavy atom. The summed E-state index contributed by atoms with van der Waals surface area (Å²) in [5, 5.41) is 9.23. The summed E-state index contributed by atoms with van der Waals surface area (Å²) in [5.41, 5.74) is 0. The van der Waals surface area contributed by atoms with Gasteiger partial charge in [-0.25, -0.2) is 0 Å². The highest BCUT2D eigenvalue weighted by molar-refractivity contribution is 7.56. The minimum atomic E-state index is -1.99. The van der Waals surface area contributed by atoms with E-state index in [4.69, 9.17) is 0 Å². The molecule has 4 heteroatoms. The van der Waals surface area contributed by atoms with Crippen LogP contribution in [0.1, 0.15) is 0 Å². The zero-order valence-corrected chi connectivity index (χ0v) is 32.3. The summed E-state index contributed by atoms with van der Waals surface area (Å²) >= 11 is 0. The molecule has 0 atom stereocenters. The molecule has 0 bridgehead atoms. The van der Waals surface area contributed by atoms with Crippen LogP contribution in [0.15, 0.2) is 182 Å². The van der Waals surface area contributed by atoms with E-state index in [9.17, 15) is 0 Å². The summed E-state index contributed by atoms with van der Waals surface area (Å²) < 4.78 is 0. The number of rotatable bonds is 8. The van der Waals surface area contributed by atoms with E-state index < -0.39 is 30.4 Å². The largest absolute Gasteiger partial charge is 0.138 e. The second-order valence-corrected chi connectivity index (χ2v) is 43.2. The molecule has 0 N–H and O–H groups in total. The fourth-order valence-corrected chi connectivity index (χ4v) is 37.7. The fourth-order valence-electron chi connectivity index (χ4n) is 7.73. The average Bonchev–Trinajstić information content (AvgIpc) is 3.08. The summed E-state index contributed by atoms with van der Waals surface area (Å²) in [6.45, 7) is 15.2. The van der Waals surface area contributed by atoms with Gasteiger partial charge in [-0.15, -0.1) is 0 Å². The molecular weight excluding hydrogens is 617 g/mol. The van der Waals surface area contributed by atoms with Crippen LogP contribution >= 0.6 is 0 Å². The van der Waals surface area contributed by atoms with Gasteiger partial charge in [0.15, 0.2) is 0 Å². The van der Waals surface area contributed by atoms with Crippen molar-refractivity contribution >= 4 is 61.5 Å². The molecule has 0 unspecified atom stereocenters. The van der Waals surface area contributed by atoms with Gasteiger partial charge in [-0.2, -0.15) is 0 Å². The van der Waals surface area contributed by atoms with E-state index in [1.165, 1.54) is 31.1 Å². The van der Waals surface area contributed by atoms with Gasteiger partial charge in [0, 0.05) is 0 Å². The zero-order valence-electron chi connectivity index (χ0n) is 28.3. The van der Waals surface area contributed by atoms with Crippen LogP contribution in [0.25, 0.3) is 0 Å². The summed E-state index contributed by atoms with van der Waals surface area (Å²) in [6.07, 6.45) is 0. The molecule has 0 nitrogen and oxygen atoms in total. The molecule has 0 aliphatic rings. The maximum absolute atomic E-state index is 2.53. The lowest BCUT2D eigenvalue weighted by atomic mass is 10.3. The highest BCUT2D eigenvalue weighted by Gasteiger charge is 2.51. The van der Waals surface area contributed by atoms with Crippen LogP contribution in [-0.2, 0) is 0 Å². The van der Waals surface area contributed by atoms with Crippen LogP contribution < -0.4 is 31.1 Å². The topological polar surface area (TPSA) is 0 Å². The van der Waals surface area contributed by atoms with Crippen molar-refractivity contribution in [3.8, 4) is 0 Å². The van der Waals surface area contributed by atoms with Gasteiger partial charge in [0.2, 0.25) is 0 Å². The molecule has 0 saturated heterocycles. The highest BCUT2D eigenvalue weighted by Crippen LogP contribution is 2.21. The van der Waals surface area contributed by atoms with Gasteiger partial charge in [-0.05, 0) is 0 Å².